The summed E-state index contributed by atoms with van der Waals surface area (Å²) in [5.74, 6) is -0.248. The van der Waals surface area contributed by atoms with Crippen molar-refractivity contribution in [2.75, 3.05) is 7.11 Å². The molecule has 0 spiro atoms. The minimum Gasteiger partial charge on any atom is -0.495 e. The number of aromatic nitrogens is 3. The van der Waals surface area contributed by atoms with Gasteiger partial charge in [-0.05, 0) is 19.1 Å². The average Bonchev–Trinajstić information content (AvgIpc) is 3.04. The quantitative estimate of drug-likeness (QED) is 0.775. The molecule has 108 valence electrons. The van der Waals surface area contributed by atoms with Gasteiger partial charge < -0.3 is 14.4 Å². The molecule has 2 heterocycles. The lowest BCUT2D eigenvalue weighted by molar-refractivity contribution is 0.0690. The molecule has 0 bridgehead atoms. The average molecular weight is 285 g/mol. The maximum absolute atomic E-state index is 11.0. The molecule has 0 aliphatic carbocycles. The highest BCUT2D eigenvalue weighted by Gasteiger charge is 2.19. The summed E-state index contributed by atoms with van der Waals surface area (Å²) in [7, 11) is 3.59. The summed E-state index contributed by atoms with van der Waals surface area (Å²) in [6.45, 7) is 1.98. The SMILES string of the molecule is COc1cccc2c(-c3cc(C(=O)O)[nH]n3)c(C)n(C)c12. The largest absolute Gasteiger partial charge is 0.495 e. The monoisotopic (exact) mass is 285 g/mol. The van der Waals surface area contributed by atoms with Gasteiger partial charge in [-0.25, -0.2) is 4.79 Å². The van der Waals surface area contributed by atoms with Gasteiger partial charge in [-0.2, -0.15) is 5.10 Å². The molecule has 1 aromatic carbocycles. The van der Waals surface area contributed by atoms with Gasteiger partial charge >= 0.3 is 5.97 Å². The number of nitrogens with zero attached hydrogens (tertiary/aromatic N) is 2. The maximum atomic E-state index is 11.0. The number of ether oxygens (including phenoxy) is 1. The summed E-state index contributed by atoms with van der Waals surface area (Å²) in [5.41, 5.74) is 3.56. The van der Waals surface area contributed by atoms with E-state index in [0.29, 0.717) is 5.69 Å². The number of carboxylic acids is 1. The van der Waals surface area contributed by atoms with Gasteiger partial charge in [0.2, 0.25) is 0 Å². The minimum atomic E-state index is -1.02. The van der Waals surface area contributed by atoms with Crippen LogP contribution in [0.1, 0.15) is 16.2 Å². The lowest BCUT2D eigenvalue weighted by Gasteiger charge is -2.04. The molecule has 0 atom stereocenters. The van der Waals surface area contributed by atoms with E-state index >= 15 is 0 Å². The molecule has 0 fully saturated rings. The maximum Gasteiger partial charge on any atom is 0.353 e. The van der Waals surface area contributed by atoms with Crippen molar-refractivity contribution >= 4 is 16.9 Å². The minimum absolute atomic E-state index is 0.0734. The number of H-pyrrole nitrogens is 1. The van der Waals surface area contributed by atoms with E-state index in [0.717, 1.165) is 27.9 Å². The van der Waals surface area contributed by atoms with Gasteiger partial charge in [0.15, 0.2) is 0 Å². The number of carboxylic acid groups (broad SMARTS) is 1. The molecule has 0 aliphatic heterocycles. The second kappa shape index (κ2) is 4.66. The molecule has 0 saturated heterocycles. The molecule has 3 rings (SSSR count). The van der Waals surface area contributed by atoms with Crippen LogP contribution in [0.2, 0.25) is 0 Å². The van der Waals surface area contributed by atoms with E-state index in [1.807, 2.05) is 36.7 Å². The van der Waals surface area contributed by atoms with Crippen molar-refractivity contribution in [3.8, 4) is 17.0 Å². The number of benzene rings is 1. The van der Waals surface area contributed by atoms with Gasteiger partial charge in [0.25, 0.3) is 0 Å². The number of aryl methyl sites for hydroxylation is 1. The highest BCUT2D eigenvalue weighted by atomic mass is 16.5. The lowest BCUT2D eigenvalue weighted by atomic mass is 10.1. The van der Waals surface area contributed by atoms with Crippen molar-refractivity contribution in [3.05, 3.63) is 35.7 Å². The standard InChI is InChI=1S/C15H15N3O3/c1-8-13(10-7-11(15(19)20)17-16-10)9-5-4-6-12(21-3)14(9)18(8)2/h4-7H,1-3H3,(H,16,17)(H,19,20). The molecule has 3 aromatic rings. The second-order valence-corrected chi connectivity index (χ2v) is 4.85. The fraction of sp³-hybridized carbons (Fsp3) is 0.200. The first-order valence-electron chi connectivity index (χ1n) is 6.45. The first-order chi connectivity index (χ1) is 10.0. The number of carbonyl (C=O) groups is 1. The number of hydrogen-bond acceptors (Lipinski definition) is 3. The molecule has 0 aliphatic rings. The van der Waals surface area contributed by atoms with Gasteiger partial charge in [0.05, 0.1) is 18.3 Å². The number of fused-ring (bicyclic) bond motifs is 1. The van der Waals surface area contributed by atoms with E-state index in [1.54, 1.807) is 13.2 Å². The predicted octanol–water partition coefficient (Wildman–Crippen LogP) is 2.58. The topological polar surface area (TPSA) is 80.1 Å². The molecule has 6 nitrogen and oxygen atoms in total. The van der Waals surface area contributed by atoms with E-state index in [-0.39, 0.29) is 5.69 Å². The van der Waals surface area contributed by atoms with E-state index in [4.69, 9.17) is 9.84 Å². The molecule has 2 aromatic heterocycles. The van der Waals surface area contributed by atoms with Crippen LogP contribution < -0.4 is 4.74 Å². The zero-order valence-electron chi connectivity index (χ0n) is 12.0. The van der Waals surface area contributed by atoms with Crippen LogP contribution >= 0.6 is 0 Å². The Kier molecular flexibility index (Phi) is 2.94. The molecule has 0 saturated carbocycles. The number of para-hydroxylation sites is 1. The van der Waals surface area contributed by atoms with Crippen molar-refractivity contribution in [2.24, 2.45) is 7.05 Å². The van der Waals surface area contributed by atoms with Crippen LogP contribution in [0.4, 0.5) is 0 Å². The Labute approximate surface area is 121 Å². The third-order valence-corrected chi connectivity index (χ3v) is 3.75. The van der Waals surface area contributed by atoms with Crippen LogP contribution in [0.25, 0.3) is 22.2 Å². The van der Waals surface area contributed by atoms with Gasteiger partial charge in [0, 0.05) is 23.7 Å². The molecule has 0 radical (unpaired) electrons. The molecule has 21 heavy (non-hydrogen) atoms. The highest BCUT2D eigenvalue weighted by molar-refractivity contribution is 6.00. The van der Waals surface area contributed by atoms with Crippen molar-refractivity contribution in [1.82, 2.24) is 14.8 Å². The van der Waals surface area contributed by atoms with Crippen molar-refractivity contribution in [3.63, 3.8) is 0 Å². The number of aromatic carboxylic acids is 1. The van der Waals surface area contributed by atoms with Crippen LogP contribution in [0.15, 0.2) is 24.3 Å². The van der Waals surface area contributed by atoms with E-state index in [9.17, 15) is 4.79 Å². The Morgan fingerprint density at radius 1 is 1.43 bits per heavy atom. The van der Waals surface area contributed by atoms with Gasteiger partial charge in [-0.3, -0.25) is 5.10 Å². The van der Waals surface area contributed by atoms with Gasteiger partial charge in [-0.1, -0.05) is 12.1 Å². The Hall–Kier alpha value is -2.76. The zero-order valence-corrected chi connectivity index (χ0v) is 12.0. The molecule has 0 amide bonds. The molecular weight excluding hydrogens is 270 g/mol. The molecule has 2 N–H and O–H groups in total. The molecule has 6 heteroatoms. The Morgan fingerprint density at radius 3 is 2.81 bits per heavy atom. The Bertz CT molecular complexity index is 845. The third kappa shape index (κ3) is 1.87. The van der Waals surface area contributed by atoms with E-state index in [1.165, 1.54) is 0 Å². The number of methoxy groups -OCH3 is 1. The summed E-state index contributed by atoms with van der Waals surface area (Å²) < 4.78 is 7.44. The van der Waals surface area contributed by atoms with Crippen LogP contribution in [-0.2, 0) is 7.05 Å². The van der Waals surface area contributed by atoms with Gasteiger partial charge in [0.1, 0.15) is 11.4 Å². The summed E-state index contributed by atoms with van der Waals surface area (Å²) in [5, 5.41) is 16.7. The normalized spacial score (nSPS) is 11.0. The smallest absolute Gasteiger partial charge is 0.353 e. The van der Waals surface area contributed by atoms with Crippen LogP contribution in [0, 0.1) is 6.92 Å². The van der Waals surface area contributed by atoms with E-state index < -0.39 is 5.97 Å². The lowest BCUT2D eigenvalue weighted by Crippen LogP contribution is -1.95. The molecular formula is C15H15N3O3. The van der Waals surface area contributed by atoms with Crippen molar-refractivity contribution in [2.45, 2.75) is 6.92 Å². The van der Waals surface area contributed by atoms with Crippen molar-refractivity contribution in [1.29, 1.82) is 0 Å². The third-order valence-electron chi connectivity index (χ3n) is 3.75. The number of rotatable bonds is 3. The molecule has 0 unspecified atom stereocenters. The van der Waals surface area contributed by atoms with Crippen molar-refractivity contribution < 1.29 is 14.6 Å². The first kappa shape index (κ1) is 13.2. The number of hydrogen-bond donors (Lipinski definition) is 2. The summed E-state index contributed by atoms with van der Waals surface area (Å²) >= 11 is 0. The Balaban J connectivity index is 2.32. The van der Waals surface area contributed by atoms with E-state index in [2.05, 4.69) is 10.2 Å². The number of nitrogens with one attached hydrogen (secondary N) is 1. The second-order valence-electron chi connectivity index (χ2n) is 4.85. The first-order valence-corrected chi connectivity index (χ1v) is 6.45. The fourth-order valence-corrected chi connectivity index (χ4v) is 2.65. The zero-order chi connectivity index (χ0) is 15.1. The fourth-order valence-electron chi connectivity index (χ4n) is 2.65. The summed E-state index contributed by atoms with van der Waals surface area (Å²) in [6.07, 6.45) is 0. The van der Waals surface area contributed by atoms with Crippen LogP contribution in [-0.4, -0.2) is 33.0 Å². The highest BCUT2D eigenvalue weighted by Crippen LogP contribution is 2.37. The van der Waals surface area contributed by atoms with Crippen LogP contribution in [0.3, 0.4) is 0 Å². The Morgan fingerprint density at radius 2 is 2.19 bits per heavy atom. The van der Waals surface area contributed by atoms with Crippen LogP contribution in [0.5, 0.6) is 5.75 Å². The van der Waals surface area contributed by atoms with Gasteiger partial charge in [-0.15, -0.1) is 0 Å². The summed E-state index contributed by atoms with van der Waals surface area (Å²) in [4.78, 5) is 11.0. The summed E-state index contributed by atoms with van der Waals surface area (Å²) in [6, 6.07) is 7.34. The number of aromatic amines is 1. The predicted molar refractivity (Wildman–Crippen MR) is 78.7 cm³/mol.